The van der Waals surface area contributed by atoms with Gasteiger partial charge in [0.25, 0.3) is 0 Å². The second kappa shape index (κ2) is 10.0. The number of methoxy groups -OCH3 is 1. The van der Waals surface area contributed by atoms with E-state index in [1.54, 1.807) is 7.11 Å². The van der Waals surface area contributed by atoms with Gasteiger partial charge in [0.15, 0.2) is 0 Å². The minimum Gasteiger partial charge on any atom is -0.497 e. The fourth-order valence-corrected chi connectivity index (χ4v) is 8.93. The summed E-state index contributed by atoms with van der Waals surface area (Å²) in [5, 5.41) is 2.48. The predicted molar refractivity (Wildman–Crippen MR) is 197 cm³/mol. The van der Waals surface area contributed by atoms with Gasteiger partial charge in [0, 0.05) is 45.1 Å². The number of benzene rings is 6. The van der Waals surface area contributed by atoms with Gasteiger partial charge >= 0.3 is 0 Å². The second-order valence-electron chi connectivity index (χ2n) is 13.3. The molecule has 0 saturated carbocycles. The van der Waals surface area contributed by atoms with Crippen molar-refractivity contribution in [1.82, 2.24) is 0 Å². The Morgan fingerprint density at radius 1 is 0.681 bits per heavy atom. The minimum absolute atomic E-state index is 0.149. The van der Waals surface area contributed by atoms with Gasteiger partial charge < -0.3 is 20.3 Å². The van der Waals surface area contributed by atoms with Crippen LogP contribution in [0.4, 0.5) is 34.1 Å². The molecule has 0 aromatic heterocycles. The highest BCUT2D eigenvalue weighted by molar-refractivity contribution is 6.97. The van der Waals surface area contributed by atoms with E-state index in [0.717, 1.165) is 47.6 Å². The van der Waals surface area contributed by atoms with E-state index in [9.17, 15) is 0 Å². The van der Waals surface area contributed by atoms with Gasteiger partial charge in [-0.1, -0.05) is 72.2 Å². The number of nitrogens with zero attached hydrogens (tertiary/aromatic N) is 2. The van der Waals surface area contributed by atoms with Crippen LogP contribution in [0.1, 0.15) is 35.1 Å². The number of anilines is 6. The Labute approximate surface area is 275 Å². The van der Waals surface area contributed by atoms with Crippen LogP contribution < -0.4 is 31.2 Å². The molecule has 5 heteroatoms. The Morgan fingerprint density at radius 2 is 1.47 bits per heavy atom. The van der Waals surface area contributed by atoms with Crippen LogP contribution in [0.2, 0.25) is 0 Å². The van der Waals surface area contributed by atoms with Crippen LogP contribution in [-0.4, -0.2) is 13.8 Å². The summed E-state index contributed by atoms with van der Waals surface area (Å²) in [5.74, 6) is 0.857. The van der Waals surface area contributed by atoms with Crippen molar-refractivity contribution in [1.29, 1.82) is 0 Å². The highest BCUT2D eigenvalue weighted by atomic mass is 16.5. The van der Waals surface area contributed by atoms with Gasteiger partial charge in [-0.15, -0.1) is 0 Å². The molecule has 0 atom stereocenters. The first-order chi connectivity index (χ1) is 23.2. The van der Waals surface area contributed by atoms with Crippen molar-refractivity contribution in [2.75, 3.05) is 22.6 Å². The SMILES string of the molecule is COc1ccc(N2c3cccc4c3B3C(=C(c5ccc6c(c5N)CCCC6)N(c5ccccc5)c5c3c2cc2ccccc52)C4)cc1. The van der Waals surface area contributed by atoms with Crippen LogP contribution in [0, 0.1) is 0 Å². The lowest BCUT2D eigenvalue weighted by atomic mass is 9.35. The van der Waals surface area contributed by atoms with Crippen LogP contribution in [0.25, 0.3) is 16.5 Å². The molecule has 0 amide bonds. The van der Waals surface area contributed by atoms with Crippen molar-refractivity contribution in [3.05, 3.63) is 143 Å². The number of fused-ring (bicyclic) bond motifs is 3. The zero-order valence-corrected chi connectivity index (χ0v) is 26.5. The lowest BCUT2D eigenvalue weighted by Crippen LogP contribution is -2.53. The first kappa shape index (κ1) is 26.8. The summed E-state index contributed by atoms with van der Waals surface area (Å²) < 4.78 is 5.56. The first-order valence-electron chi connectivity index (χ1n) is 16.8. The molecule has 4 aliphatic rings. The van der Waals surface area contributed by atoms with E-state index >= 15 is 0 Å². The van der Waals surface area contributed by atoms with E-state index in [0.29, 0.717) is 0 Å². The molecule has 0 bridgehead atoms. The maximum atomic E-state index is 7.28. The fraction of sp³-hybridized carbons (Fsp3) is 0.143. The molecule has 0 fully saturated rings. The molecular weight excluding hydrogens is 573 g/mol. The van der Waals surface area contributed by atoms with Crippen molar-refractivity contribution >= 4 is 68.2 Å². The quantitative estimate of drug-likeness (QED) is 0.162. The van der Waals surface area contributed by atoms with Gasteiger partial charge in [-0.05, 0) is 114 Å². The zero-order chi connectivity index (χ0) is 31.2. The normalized spacial score (nSPS) is 15.6. The van der Waals surface area contributed by atoms with Crippen molar-refractivity contribution in [2.24, 2.45) is 0 Å². The molecule has 0 unspecified atom stereocenters. The summed E-state index contributed by atoms with van der Waals surface area (Å²) >= 11 is 0. The number of nitrogen functional groups attached to an aromatic ring is 1. The van der Waals surface area contributed by atoms with E-state index in [2.05, 4.69) is 125 Å². The molecule has 226 valence electrons. The van der Waals surface area contributed by atoms with Gasteiger partial charge in [-0.3, -0.25) is 0 Å². The standard InChI is InChI=1S/C42H34BN3O/c1-47-31-21-19-30(20-22-31)45-36-17-9-12-28-24-35-41(34-23-18-26-10-5-7-15-32(26)40(34)44)46(29-13-3-2-4-14-29)42-33-16-8-6-11-27(33)25-37(45)39(42)43(35)38(28)36/h2-4,6,8-9,11-14,16-23,25H,5,7,10,15,24,44H2,1H3. The highest BCUT2D eigenvalue weighted by Gasteiger charge is 2.49. The lowest BCUT2D eigenvalue weighted by molar-refractivity contribution is 0.415. The maximum absolute atomic E-state index is 7.28. The molecule has 3 aliphatic heterocycles. The van der Waals surface area contributed by atoms with Crippen LogP contribution in [0.15, 0.2) is 121 Å². The summed E-state index contributed by atoms with van der Waals surface area (Å²) in [5.41, 5.74) is 25.1. The monoisotopic (exact) mass is 607 g/mol. The first-order valence-corrected chi connectivity index (χ1v) is 16.8. The average Bonchev–Trinajstić information content (AvgIpc) is 3.52. The average molecular weight is 608 g/mol. The van der Waals surface area contributed by atoms with Gasteiger partial charge in [0.1, 0.15) is 5.75 Å². The number of rotatable bonds is 4. The van der Waals surface area contributed by atoms with Crippen LogP contribution in [0.5, 0.6) is 5.75 Å². The summed E-state index contributed by atoms with van der Waals surface area (Å²) in [7, 11) is 1.73. The summed E-state index contributed by atoms with van der Waals surface area (Å²) in [6, 6.07) is 42.3. The van der Waals surface area contributed by atoms with Gasteiger partial charge in [0.05, 0.1) is 12.8 Å². The summed E-state index contributed by atoms with van der Waals surface area (Å²) in [6.07, 6.45) is 5.50. The Bertz CT molecular complexity index is 2290. The zero-order valence-electron chi connectivity index (χ0n) is 26.5. The third kappa shape index (κ3) is 3.71. The fourth-order valence-electron chi connectivity index (χ4n) is 8.93. The van der Waals surface area contributed by atoms with Crippen LogP contribution in [0.3, 0.4) is 0 Å². The molecule has 47 heavy (non-hydrogen) atoms. The Morgan fingerprint density at radius 3 is 2.32 bits per heavy atom. The number of ether oxygens (including phenoxy) is 1. The molecular formula is C42H34BN3O. The molecule has 1 aliphatic carbocycles. The molecule has 0 spiro atoms. The third-order valence-electron chi connectivity index (χ3n) is 10.9. The number of hydrogen-bond acceptors (Lipinski definition) is 4. The molecule has 3 heterocycles. The number of allylic oxidation sites excluding steroid dienone is 1. The molecule has 0 saturated heterocycles. The molecule has 6 aromatic carbocycles. The summed E-state index contributed by atoms with van der Waals surface area (Å²) in [4.78, 5) is 5.03. The van der Waals surface area contributed by atoms with Crippen molar-refractivity contribution in [2.45, 2.75) is 32.1 Å². The number of aryl methyl sites for hydroxylation is 1. The highest BCUT2D eigenvalue weighted by Crippen LogP contribution is 2.52. The van der Waals surface area contributed by atoms with Crippen molar-refractivity contribution in [3.63, 3.8) is 0 Å². The van der Waals surface area contributed by atoms with Crippen molar-refractivity contribution in [3.8, 4) is 5.75 Å². The van der Waals surface area contributed by atoms with E-state index in [1.807, 2.05) is 0 Å². The molecule has 6 aromatic rings. The number of para-hydroxylation sites is 1. The Kier molecular flexibility index (Phi) is 5.72. The predicted octanol–water partition coefficient (Wildman–Crippen LogP) is 8.36. The van der Waals surface area contributed by atoms with Gasteiger partial charge in [0.2, 0.25) is 6.71 Å². The van der Waals surface area contributed by atoms with Crippen molar-refractivity contribution < 1.29 is 4.74 Å². The topological polar surface area (TPSA) is 41.7 Å². The Hall–Kier alpha value is -5.42. The van der Waals surface area contributed by atoms with E-state index in [-0.39, 0.29) is 6.71 Å². The van der Waals surface area contributed by atoms with Crippen LogP contribution in [-0.2, 0) is 19.3 Å². The van der Waals surface area contributed by atoms with E-state index in [1.165, 1.54) is 79.5 Å². The second-order valence-corrected chi connectivity index (χ2v) is 13.3. The van der Waals surface area contributed by atoms with E-state index < -0.39 is 0 Å². The molecule has 4 nitrogen and oxygen atoms in total. The smallest absolute Gasteiger partial charge is 0.248 e. The summed E-state index contributed by atoms with van der Waals surface area (Å²) in [6.45, 7) is 0.149. The lowest BCUT2D eigenvalue weighted by Gasteiger charge is -2.44. The number of hydrogen-bond donors (Lipinski definition) is 1. The van der Waals surface area contributed by atoms with Gasteiger partial charge in [-0.25, -0.2) is 0 Å². The minimum atomic E-state index is 0.149. The molecule has 0 radical (unpaired) electrons. The Balaban J connectivity index is 1.35. The largest absolute Gasteiger partial charge is 0.497 e. The molecule has 10 rings (SSSR count). The maximum Gasteiger partial charge on any atom is 0.248 e. The molecule has 2 N–H and O–H groups in total. The number of nitrogens with two attached hydrogens (primary N) is 1. The van der Waals surface area contributed by atoms with E-state index in [4.69, 9.17) is 10.5 Å². The van der Waals surface area contributed by atoms with Crippen LogP contribution >= 0.6 is 0 Å². The van der Waals surface area contributed by atoms with Gasteiger partial charge in [-0.2, -0.15) is 0 Å². The third-order valence-corrected chi connectivity index (χ3v) is 10.9.